The van der Waals surface area contributed by atoms with Crippen molar-refractivity contribution in [1.29, 1.82) is 0 Å². The van der Waals surface area contributed by atoms with Crippen LogP contribution in [0.25, 0.3) is 10.2 Å². The Morgan fingerprint density at radius 1 is 1.13 bits per heavy atom. The van der Waals surface area contributed by atoms with Gasteiger partial charge in [-0.05, 0) is 30.3 Å². The van der Waals surface area contributed by atoms with Crippen molar-refractivity contribution in [3.05, 3.63) is 57.6 Å². The zero-order chi connectivity index (χ0) is 22.2. The number of benzene rings is 2. The highest BCUT2D eigenvalue weighted by molar-refractivity contribution is 7.92. The number of sulfone groups is 1. The molecular weight excluding hydrogens is 464 g/mol. The molecule has 0 spiro atoms. The lowest BCUT2D eigenvalue weighted by Crippen LogP contribution is -2.50. The van der Waals surface area contributed by atoms with E-state index in [0.29, 0.717) is 36.7 Å². The van der Waals surface area contributed by atoms with Crippen LogP contribution in [-0.2, 0) is 14.6 Å². The van der Waals surface area contributed by atoms with Gasteiger partial charge in [0.1, 0.15) is 5.75 Å². The molecular formula is C19H17ClN4O5S2. The molecule has 1 aliphatic heterocycles. The maximum Gasteiger partial charge on any atom is 0.270 e. The molecule has 9 nitrogen and oxygen atoms in total. The Morgan fingerprint density at radius 3 is 2.45 bits per heavy atom. The smallest absolute Gasteiger partial charge is 0.270 e. The zero-order valence-corrected chi connectivity index (χ0v) is 18.5. The van der Waals surface area contributed by atoms with E-state index in [1.165, 1.54) is 52.6 Å². The van der Waals surface area contributed by atoms with Gasteiger partial charge in [0.05, 0.1) is 20.0 Å². The summed E-state index contributed by atoms with van der Waals surface area (Å²) < 4.78 is 25.7. The van der Waals surface area contributed by atoms with Gasteiger partial charge >= 0.3 is 0 Å². The minimum atomic E-state index is -3.75. The van der Waals surface area contributed by atoms with Crippen molar-refractivity contribution < 1.29 is 18.1 Å². The molecule has 0 aliphatic carbocycles. The second-order valence-electron chi connectivity index (χ2n) is 6.99. The van der Waals surface area contributed by atoms with Crippen molar-refractivity contribution in [3.63, 3.8) is 0 Å². The molecule has 0 radical (unpaired) electrons. The number of nitro benzene ring substituents is 1. The molecule has 0 bridgehead atoms. The Hall–Kier alpha value is -2.76. The summed E-state index contributed by atoms with van der Waals surface area (Å²) >= 11 is 7.15. The van der Waals surface area contributed by atoms with Gasteiger partial charge in [0.2, 0.25) is 5.91 Å². The number of hydrogen-bond donors (Lipinski definition) is 0. The summed E-state index contributed by atoms with van der Waals surface area (Å²) in [4.78, 5) is 31.2. The average Bonchev–Trinajstić information content (AvgIpc) is 3.17. The minimum absolute atomic E-state index is 0.0139. The lowest BCUT2D eigenvalue weighted by molar-refractivity contribution is -0.384. The monoisotopic (exact) mass is 480 g/mol. The van der Waals surface area contributed by atoms with E-state index in [-0.39, 0.29) is 10.6 Å². The van der Waals surface area contributed by atoms with E-state index in [0.717, 1.165) is 9.83 Å². The number of nitrogens with zero attached hydrogens (tertiary/aromatic N) is 4. The van der Waals surface area contributed by atoms with Gasteiger partial charge in [-0.15, -0.1) is 0 Å². The third kappa shape index (κ3) is 4.63. The molecule has 0 unspecified atom stereocenters. The highest BCUT2D eigenvalue weighted by atomic mass is 35.5. The SMILES string of the molecule is O=C(CS(=O)(=O)c1ccc(Cl)cc1)N1CCN(c2nc3ccc([N+](=O)[O-])cc3s2)CC1. The number of aromatic nitrogens is 1. The zero-order valence-electron chi connectivity index (χ0n) is 16.1. The summed E-state index contributed by atoms with van der Waals surface area (Å²) in [5, 5.41) is 12.1. The molecule has 2 heterocycles. The van der Waals surface area contributed by atoms with E-state index >= 15 is 0 Å². The summed E-state index contributed by atoms with van der Waals surface area (Å²) in [7, 11) is -3.75. The number of non-ortho nitro benzene ring substituents is 1. The van der Waals surface area contributed by atoms with E-state index in [9.17, 15) is 23.3 Å². The molecule has 1 amide bonds. The van der Waals surface area contributed by atoms with Gasteiger partial charge in [0, 0.05) is 43.3 Å². The molecule has 162 valence electrons. The lowest BCUT2D eigenvalue weighted by Gasteiger charge is -2.34. The van der Waals surface area contributed by atoms with Gasteiger partial charge in [-0.25, -0.2) is 13.4 Å². The van der Waals surface area contributed by atoms with Crippen molar-refractivity contribution in [2.24, 2.45) is 0 Å². The average molecular weight is 481 g/mol. The van der Waals surface area contributed by atoms with Crippen LogP contribution in [-0.4, -0.2) is 61.1 Å². The molecule has 4 rings (SSSR count). The van der Waals surface area contributed by atoms with E-state index in [2.05, 4.69) is 4.98 Å². The molecule has 1 fully saturated rings. The fraction of sp³-hybridized carbons (Fsp3) is 0.263. The Labute approximate surface area is 186 Å². The van der Waals surface area contributed by atoms with E-state index in [1.807, 2.05) is 4.90 Å². The van der Waals surface area contributed by atoms with Crippen molar-refractivity contribution in [2.45, 2.75) is 4.90 Å². The summed E-state index contributed by atoms with van der Waals surface area (Å²) in [6.45, 7) is 1.72. The van der Waals surface area contributed by atoms with Crippen molar-refractivity contribution >= 4 is 59.7 Å². The second-order valence-corrected chi connectivity index (χ2v) is 10.4. The van der Waals surface area contributed by atoms with Crippen molar-refractivity contribution in [3.8, 4) is 0 Å². The van der Waals surface area contributed by atoms with Gasteiger partial charge < -0.3 is 9.80 Å². The molecule has 1 aliphatic rings. The van der Waals surface area contributed by atoms with Crippen LogP contribution in [0.2, 0.25) is 5.02 Å². The first-order valence-corrected chi connectivity index (χ1v) is 12.1. The number of anilines is 1. The Morgan fingerprint density at radius 2 is 1.81 bits per heavy atom. The predicted octanol–water partition coefficient (Wildman–Crippen LogP) is 2.98. The molecule has 1 saturated heterocycles. The number of thiazole rings is 1. The molecule has 3 aromatic rings. The maximum atomic E-state index is 12.6. The number of carbonyl (C=O) groups is 1. The number of nitro groups is 1. The first kappa shape index (κ1) is 21.5. The summed E-state index contributed by atoms with van der Waals surface area (Å²) in [5.74, 6) is -1.05. The number of rotatable bonds is 5. The number of fused-ring (bicyclic) bond motifs is 1. The topological polar surface area (TPSA) is 114 Å². The number of amides is 1. The molecule has 0 atom stereocenters. The first-order chi connectivity index (χ1) is 14.7. The fourth-order valence-electron chi connectivity index (χ4n) is 3.28. The number of carbonyl (C=O) groups excluding carboxylic acids is 1. The highest BCUT2D eigenvalue weighted by Crippen LogP contribution is 2.31. The van der Waals surface area contributed by atoms with Gasteiger partial charge in [0.25, 0.3) is 5.69 Å². The van der Waals surface area contributed by atoms with Crippen molar-refractivity contribution in [1.82, 2.24) is 9.88 Å². The van der Waals surface area contributed by atoms with E-state index in [1.54, 1.807) is 6.07 Å². The van der Waals surface area contributed by atoms with Gasteiger partial charge in [-0.1, -0.05) is 22.9 Å². The second kappa shape index (κ2) is 8.40. The van der Waals surface area contributed by atoms with Crippen molar-refractivity contribution in [2.75, 3.05) is 36.8 Å². The Balaban J connectivity index is 1.40. The number of halogens is 1. The summed E-state index contributed by atoms with van der Waals surface area (Å²) in [6, 6.07) is 10.3. The predicted molar refractivity (Wildman–Crippen MR) is 119 cm³/mol. The Kier molecular flexibility index (Phi) is 5.82. The number of hydrogen-bond acceptors (Lipinski definition) is 8. The molecule has 12 heteroatoms. The third-order valence-corrected chi connectivity index (χ3v) is 7.91. The molecule has 2 aromatic carbocycles. The first-order valence-electron chi connectivity index (χ1n) is 9.29. The van der Waals surface area contributed by atoms with Crippen LogP contribution in [0.5, 0.6) is 0 Å². The summed E-state index contributed by atoms with van der Waals surface area (Å²) in [6.07, 6.45) is 0. The molecule has 31 heavy (non-hydrogen) atoms. The largest absolute Gasteiger partial charge is 0.345 e. The van der Waals surface area contributed by atoms with Crippen LogP contribution in [0.3, 0.4) is 0 Å². The van der Waals surface area contributed by atoms with E-state index in [4.69, 9.17) is 11.6 Å². The molecule has 1 aromatic heterocycles. The van der Waals surface area contributed by atoms with Crippen LogP contribution in [0.1, 0.15) is 0 Å². The standard InChI is InChI=1S/C19H17ClN4O5S2/c20-13-1-4-15(5-2-13)31(28,29)12-18(25)22-7-9-23(10-8-22)19-21-16-6-3-14(24(26)27)11-17(16)30-19/h1-6,11H,7-10,12H2. The van der Waals surface area contributed by atoms with Crippen LogP contribution in [0, 0.1) is 10.1 Å². The quantitative estimate of drug-likeness (QED) is 0.407. The third-order valence-electron chi connectivity index (χ3n) is 4.96. The summed E-state index contributed by atoms with van der Waals surface area (Å²) in [5.41, 5.74) is 0.693. The Bertz CT molecular complexity index is 1250. The minimum Gasteiger partial charge on any atom is -0.345 e. The highest BCUT2D eigenvalue weighted by Gasteiger charge is 2.27. The van der Waals surface area contributed by atoms with Gasteiger partial charge in [0.15, 0.2) is 15.0 Å². The lowest BCUT2D eigenvalue weighted by atomic mass is 10.3. The maximum absolute atomic E-state index is 12.6. The number of piperazine rings is 1. The van der Waals surface area contributed by atoms with Gasteiger partial charge in [-0.3, -0.25) is 14.9 Å². The van der Waals surface area contributed by atoms with Gasteiger partial charge in [-0.2, -0.15) is 0 Å². The molecule has 0 saturated carbocycles. The van der Waals surface area contributed by atoms with E-state index < -0.39 is 26.4 Å². The fourth-order valence-corrected chi connectivity index (χ4v) is 5.68. The van der Waals surface area contributed by atoms with Crippen LogP contribution >= 0.6 is 22.9 Å². The van der Waals surface area contributed by atoms with Crippen LogP contribution in [0.15, 0.2) is 47.4 Å². The van der Waals surface area contributed by atoms with Crippen LogP contribution < -0.4 is 4.90 Å². The molecule has 0 N–H and O–H groups in total. The normalized spacial score (nSPS) is 14.7. The van der Waals surface area contributed by atoms with Crippen LogP contribution in [0.4, 0.5) is 10.8 Å².